The first-order chi connectivity index (χ1) is 8.91. The molecule has 0 aromatic heterocycles. The van der Waals surface area contributed by atoms with Gasteiger partial charge < -0.3 is 15.5 Å². The molecule has 1 saturated heterocycles. The molecule has 1 aromatic rings. The van der Waals surface area contributed by atoms with Crippen LogP contribution in [0.25, 0.3) is 0 Å². The van der Waals surface area contributed by atoms with Gasteiger partial charge in [0.2, 0.25) is 0 Å². The standard InChI is InChI=1S/C14H20ClN3O/c1-9-7-18(8-12(9)17(2)3)14(19)10-5-4-6-11(15)13(10)16/h4-6,9,12H,7-8,16H2,1-3H3. The molecule has 1 aromatic carbocycles. The molecule has 0 spiro atoms. The van der Waals surface area contributed by atoms with Crippen molar-refractivity contribution in [2.75, 3.05) is 32.9 Å². The van der Waals surface area contributed by atoms with Crippen LogP contribution in [0, 0.1) is 5.92 Å². The first-order valence-electron chi connectivity index (χ1n) is 6.41. The number of carbonyl (C=O) groups is 1. The number of para-hydroxylation sites is 1. The van der Waals surface area contributed by atoms with Crippen LogP contribution < -0.4 is 5.73 Å². The van der Waals surface area contributed by atoms with Crippen molar-refractivity contribution >= 4 is 23.2 Å². The average Bonchev–Trinajstić information content (AvgIpc) is 2.74. The highest BCUT2D eigenvalue weighted by Crippen LogP contribution is 2.27. The van der Waals surface area contributed by atoms with Crippen LogP contribution in [0.5, 0.6) is 0 Å². The van der Waals surface area contributed by atoms with Crippen LogP contribution in [-0.4, -0.2) is 48.9 Å². The molecule has 1 aliphatic rings. The van der Waals surface area contributed by atoms with Gasteiger partial charge in [-0.05, 0) is 32.1 Å². The second kappa shape index (κ2) is 5.39. The lowest BCUT2D eigenvalue weighted by Crippen LogP contribution is -2.36. The van der Waals surface area contributed by atoms with Gasteiger partial charge in [-0.25, -0.2) is 0 Å². The minimum atomic E-state index is -0.0313. The maximum atomic E-state index is 12.5. The molecular weight excluding hydrogens is 262 g/mol. The number of carbonyl (C=O) groups excluding carboxylic acids is 1. The van der Waals surface area contributed by atoms with E-state index in [4.69, 9.17) is 17.3 Å². The highest BCUT2D eigenvalue weighted by atomic mass is 35.5. The van der Waals surface area contributed by atoms with Gasteiger partial charge >= 0.3 is 0 Å². The Balaban J connectivity index is 2.20. The number of benzene rings is 1. The number of likely N-dealkylation sites (tertiary alicyclic amines) is 1. The van der Waals surface area contributed by atoms with E-state index >= 15 is 0 Å². The fourth-order valence-corrected chi connectivity index (χ4v) is 2.86. The molecule has 4 nitrogen and oxygen atoms in total. The summed E-state index contributed by atoms with van der Waals surface area (Å²) in [5, 5.41) is 0.433. The van der Waals surface area contributed by atoms with Gasteiger partial charge in [0.05, 0.1) is 16.3 Å². The zero-order chi connectivity index (χ0) is 14.2. The number of nitrogen functional groups attached to an aromatic ring is 1. The van der Waals surface area contributed by atoms with Crippen LogP contribution in [0.3, 0.4) is 0 Å². The van der Waals surface area contributed by atoms with Crippen molar-refractivity contribution in [2.24, 2.45) is 5.92 Å². The lowest BCUT2D eigenvalue weighted by Gasteiger charge is -2.22. The number of hydrogen-bond donors (Lipinski definition) is 1. The zero-order valence-corrected chi connectivity index (χ0v) is 12.3. The summed E-state index contributed by atoms with van der Waals surface area (Å²) in [6.45, 7) is 3.66. The Kier molecular flexibility index (Phi) is 4.02. The molecule has 0 radical (unpaired) electrons. The lowest BCUT2D eigenvalue weighted by molar-refractivity contribution is 0.0782. The topological polar surface area (TPSA) is 49.6 Å². The van der Waals surface area contributed by atoms with Crippen molar-refractivity contribution in [3.63, 3.8) is 0 Å². The molecule has 2 atom stereocenters. The monoisotopic (exact) mass is 281 g/mol. The number of amides is 1. The molecule has 1 fully saturated rings. The molecule has 1 amide bonds. The molecule has 2 unspecified atom stereocenters. The van der Waals surface area contributed by atoms with E-state index in [2.05, 4.69) is 11.8 Å². The van der Waals surface area contributed by atoms with Crippen molar-refractivity contribution in [3.05, 3.63) is 28.8 Å². The smallest absolute Gasteiger partial charge is 0.256 e. The molecule has 19 heavy (non-hydrogen) atoms. The van der Waals surface area contributed by atoms with Gasteiger partial charge in [-0.1, -0.05) is 24.6 Å². The molecular formula is C14H20ClN3O. The number of halogens is 1. The minimum absolute atomic E-state index is 0.0313. The Morgan fingerprint density at radius 1 is 1.42 bits per heavy atom. The third-order valence-corrected chi connectivity index (χ3v) is 4.14. The minimum Gasteiger partial charge on any atom is -0.397 e. The first-order valence-corrected chi connectivity index (χ1v) is 6.79. The Labute approximate surface area is 119 Å². The Bertz CT molecular complexity index is 490. The molecule has 2 N–H and O–H groups in total. The number of nitrogens with two attached hydrogens (primary N) is 1. The number of anilines is 1. The number of nitrogens with zero attached hydrogens (tertiary/aromatic N) is 2. The maximum Gasteiger partial charge on any atom is 0.256 e. The maximum absolute atomic E-state index is 12.5. The van der Waals surface area contributed by atoms with E-state index < -0.39 is 0 Å². The van der Waals surface area contributed by atoms with Gasteiger partial charge in [-0.3, -0.25) is 4.79 Å². The van der Waals surface area contributed by atoms with Crippen LogP contribution in [0.15, 0.2) is 18.2 Å². The van der Waals surface area contributed by atoms with E-state index in [9.17, 15) is 4.79 Å². The lowest BCUT2D eigenvalue weighted by atomic mass is 10.1. The summed E-state index contributed by atoms with van der Waals surface area (Å²) < 4.78 is 0. The zero-order valence-electron chi connectivity index (χ0n) is 11.6. The van der Waals surface area contributed by atoms with E-state index in [-0.39, 0.29) is 5.91 Å². The number of rotatable bonds is 2. The number of likely N-dealkylation sites (N-methyl/N-ethyl adjacent to an activating group) is 1. The molecule has 104 valence electrons. The fraction of sp³-hybridized carbons (Fsp3) is 0.500. The molecule has 5 heteroatoms. The van der Waals surface area contributed by atoms with Crippen LogP contribution in [-0.2, 0) is 0 Å². The van der Waals surface area contributed by atoms with Gasteiger partial charge in [0.1, 0.15) is 0 Å². The van der Waals surface area contributed by atoms with Crippen LogP contribution in [0.1, 0.15) is 17.3 Å². The van der Waals surface area contributed by atoms with Crippen LogP contribution in [0.2, 0.25) is 5.02 Å². The van der Waals surface area contributed by atoms with E-state index in [1.165, 1.54) is 0 Å². The summed E-state index contributed by atoms with van der Waals surface area (Å²) in [5.41, 5.74) is 6.76. The van der Waals surface area contributed by atoms with Gasteiger partial charge in [-0.15, -0.1) is 0 Å². The van der Waals surface area contributed by atoms with Crippen molar-refractivity contribution < 1.29 is 4.79 Å². The fourth-order valence-electron chi connectivity index (χ4n) is 2.68. The molecule has 1 heterocycles. The highest BCUT2D eigenvalue weighted by Gasteiger charge is 2.34. The average molecular weight is 282 g/mol. The third-order valence-electron chi connectivity index (χ3n) is 3.81. The summed E-state index contributed by atoms with van der Waals surface area (Å²) in [5.74, 6) is 0.426. The molecule has 0 aliphatic carbocycles. The quantitative estimate of drug-likeness (QED) is 0.843. The van der Waals surface area contributed by atoms with Crippen LogP contribution >= 0.6 is 11.6 Å². The van der Waals surface area contributed by atoms with Gasteiger partial charge in [0.15, 0.2) is 0 Å². The molecule has 0 saturated carbocycles. The Morgan fingerprint density at radius 3 is 2.68 bits per heavy atom. The Morgan fingerprint density at radius 2 is 2.11 bits per heavy atom. The third kappa shape index (κ3) is 2.69. The van der Waals surface area contributed by atoms with Crippen molar-refractivity contribution in [1.29, 1.82) is 0 Å². The predicted molar refractivity (Wildman–Crippen MR) is 78.4 cm³/mol. The summed E-state index contributed by atoms with van der Waals surface area (Å²) in [4.78, 5) is 16.5. The van der Waals surface area contributed by atoms with E-state index in [0.717, 1.165) is 13.1 Å². The summed E-state index contributed by atoms with van der Waals surface area (Å²) >= 11 is 5.97. The van der Waals surface area contributed by atoms with E-state index in [1.807, 2.05) is 19.0 Å². The van der Waals surface area contributed by atoms with Gasteiger partial charge in [-0.2, -0.15) is 0 Å². The molecule has 2 rings (SSSR count). The van der Waals surface area contributed by atoms with E-state index in [1.54, 1.807) is 18.2 Å². The molecule has 0 bridgehead atoms. The summed E-state index contributed by atoms with van der Waals surface area (Å²) in [6.07, 6.45) is 0. The largest absolute Gasteiger partial charge is 0.397 e. The SMILES string of the molecule is CC1CN(C(=O)c2cccc(Cl)c2N)CC1N(C)C. The number of hydrogen-bond acceptors (Lipinski definition) is 3. The van der Waals surface area contributed by atoms with Crippen molar-refractivity contribution in [3.8, 4) is 0 Å². The molecule has 1 aliphatic heterocycles. The summed E-state index contributed by atoms with van der Waals surface area (Å²) in [6, 6.07) is 5.58. The van der Waals surface area contributed by atoms with Crippen LogP contribution in [0.4, 0.5) is 5.69 Å². The highest BCUT2D eigenvalue weighted by molar-refractivity contribution is 6.33. The Hall–Kier alpha value is -1.26. The second-order valence-electron chi connectivity index (χ2n) is 5.42. The van der Waals surface area contributed by atoms with Crippen molar-refractivity contribution in [2.45, 2.75) is 13.0 Å². The van der Waals surface area contributed by atoms with Gasteiger partial charge in [0.25, 0.3) is 5.91 Å². The van der Waals surface area contributed by atoms with Gasteiger partial charge in [0, 0.05) is 19.1 Å². The van der Waals surface area contributed by atoms with Crippen molar-refractivity contribution in [1.82, 2.24) is 9.80 Å². The normalized spacial score (nSPS) is 23.1. The summed E-state index contributed by atoms with van der Waals surface area (Å²) in [7, 11) is 4.09. The predicted octanol–water partition coefficient (Wildman–Crippen LogP) is 1.94. The first kappa shape index (κ1) is 14.2. The second-order valence-corrected chi connectivity index (χ2v) is 5.83. The van der Waals surface area contributed by atoms with E-state index in [0.29, 0.717) is 28.2 Å².